The molecule has 0 unspecified atom stereocenters. The van der Waals surface area contributed by atoms with E-state index in [1.54, 1.807) is 6.07 Å². The van der Waals surface area contributed by atoms with E-state index >= 15 is 0 Å². The van der Waals surface area contributed by atoms with Crippen molar-refractivity contribution in [2.45, 2.75) is 13.3 Å². The number of hydrogen-bond donors (Lipinski definition) is 1. The number of hydrogen-bond acceptors (Lipinski definition) is 2. The molecule has 2 nitrogen and oxygen atoms in total. The van der Waals surface area contributed by atoms with Gasteiger partial charge < -0.3 is 10.0 Å². The van der Waals surface area contributed by atoms with Gasteiger partial charge in [0, 0.05) is 30.9 Å². The van der Waals surface area contributed by atoms with Crippen molar-refractivity contribution in [3.63, 3.8) is 0 Å². The van der Waals surface area contributed by atoms with E-state index in [2.05, 4.69) is 30.0 Å². The third kappa shape index (κ3) is 1.57. The van der Waals surface area contributed by atoms with E-state index in [0.29, 0.717) is 5.75 Å². The number of fused-ring (bicyclic) bond motifs is 2. The molecule has 0 fully saturated rings. The van der Waals surface area contributed by atoms with Gasteiger partial charge in [0.15, 0.2) is 0 Å². The number of rotatable bonds is 0. The van der Waals surface area contributed by atoms with Crippen molar-refractivity contribution in [3.8, 4) is 5.75 Å². The average Bonchev–Trinajstić information content (AvgIpc) is 2.30. The van der Waals surface area contributed by atoms with E-state index in [-0.39, 0.29) is 0 Å². The summed E-state index contributed by atoms with van der Waals surface area (Å²) in [6.07, 6.45) is 0.941. The highest BCUT2D eigenvalue weighted by molar-refractivity contribution is 5.74. The van der Waals surface area contributed by atoms with Crippen LogP contribution in [0.2, 0.25) is 0 Å². The van der Waals surface area contributed by atoms with Crippen LogP contribution in [-0.2, 0) is 6.42 Å². The van der Waals surface area contributed by atoms with Crippen LogP contribution in [0.25, 0.3) is 0 Å². The highest BCUT2D eigenvalue weighted by Crippen LogP contribution is 2.39. The summed E-state index contributed by atoms with van der Waals surface area (Å²) >= 11 is 0. The Balaban J connectivity index is 2.17. The summed E-state index contributed by atoms with van der Waals surface area (Å²) in [6, 6.07) is 12.1. The minimum absolute atomic E-state index is 0.325. The lowest BCUT2D eigenvalue weighted by Crippen LogP contribution is -2.18. The topological polar surface area (TPSA) is 23.5 Å². The Morgan fingerprint density at radius 3 is 2.65 bits per heavy atom. The monoisotopic (exact) mass is 225 g/mol. The van der Waals surface area contributed by atoms with Crippen molar-refractivity contribution in [2.24, 2.45) is 0 Å². The van der Waals surface area contributed by atoms with Gasteiger partial charge >= 0.3 is 0 Å². The minimum atomic E-state index is 0.325. The molecule has 0 saturated heterocycles. The fourth-order valence-corrected chi connectivity index (χ4v) is 2.53. The van der Waals surface area contributed by atoms with Crippen molar-refractivity contribution in [3.05, 3.63) is 53.1 Å². The molecule has 17 heavy (non-hydrogen) atoms. The largest absolute Gasteiger partial charge is 0.508 e. The predicted molar refractivity (Wildman–Crippen MR) is 70.2 cm³/mol. The maximum Gasteiger partial charge on any atom is 0.117 e. The van der Waals surface area contributed by atoms with Crippen molar-refractivity contribution >= 4 is 11.4 Å². The Labute approximate surface area is 101 Å². The van der Waals surface area contributed by atoms with Gasteiger partial charge in [-0.15, -0.1) is 0 Å². The standard InChI is InChI=1S/C15H15NO/c1-10-3-6-14-12(7-10)8-11-4-5-13(17)9-15(11)16(14)2/h3-7,9,17H,8H2,1-2H3. The summed E-state index contributed by atoms with van der Waals surface area (Å²) in [4.78, 5) is 2.15. The zero-order chi connectivity index (χ0) is 12.0. The summed E-state index contributed by atoms with van der Waals surface area (Å²) in [7, 11) is 2.05. The fourth-order valence-electron chi connectivity index (χ4n) is 2.53. The first-order chi connectivity index (χ1) is 8.15. The van der Waals surface area contributed by atoms with Gasteiger partial charge in [-0.05, 0) is 30.2 Å². The van der Waals surface area contributed by atoms with Crippen LogP contribution >= 0.6 is 0 Å². The van der Waals surface area contributed by atoms with Crippen LogP contribution in [0.4, 0.5) is 11.4 Å². The van der Waals surface area contributed by atoms with Gasteiger partial charge in [0.1, 0.15) is 5.75 Å². The SMILES string of the molecule is Cc1ccc2c(c1)Cc1ccc(O)cc1N2C. The molecule has 3 rings (SSSR count). The third-order valence-electron chi connectivity index (χ3n) is 3.41. The van der Waals surface area contributed by atoms with Crippen LogP contribution < -0.4 is 4.90 Å². The van der Waals surface area contributed by atoms with Gasteiger partial charge in [0.2, 0.25) is 0 Å². The molecule has 0 amide bonds. The summed E-state index contributed by atoms with van der Waals surface area (Å²) in [6.45, 7) is 2.12. The maximum absolute atomic E-state index is 9.57. The van der Waals surface area contributed by atoms with E-state index in [1.165, 1.54) is 22.4 Å². The molecule has 0 spiro atoms. The van der Waals surface area contributed by atoms with Crippen LogP contribution in [0.5, 0.6) is 5.75 Å². The molecule has 1 aliphatic heterocycles. The molecule has 1 heterocycles. The van der Waals surface area contributed by atoms with Crippen LogP contribution in [-0.4, -0.2) is 12.2 Å². The van der Waals surface area contributed by atoms with Crippen LogP contribution in [0.15, 0.2) is 36.4 Å². The smallest absolute Gasteiger partial charge is 0.117 e. The van der Waals surface area contributed by atoms with Crippen molar-refractivity contribution in [1.29, 1.82) is 0 Å². The molecule has 0 bridgehead atoms. The molecule has 0 saturated carbocycles. The molecule has 1 N–H and O–H groups in total. The average molecular weight is 225 g/mol. The Hall–Kier alpha value is -1.96. The zero-order valence-corrected chi connectivity index (χ0v) is 10.1. The van der Waals surface area contributed by atoms with Gasteiger partial charge in [-0.3, -0.25) is 0 Å². The molecule has 0 atom stereocenters. The van der Waals surface area contributed by atoms with Gasteiger partial charge in [-0.25, -0.2) is 0 Å². The minimum Gasteiger partial charge on any atom is -0.508 e. The Kier molecular flexibility index (Phi) is 2.11. The van der Waals surface area contributed by atoms with E-state index in [1.807, 2.05) is 19.2 Å². The van der Waals surface area contributed by atoms with Gasteiger partial charge in [-0.2, -0.15) is 0 Å². The van der Waals surface area contributed by atoms with Crippen LogP contribution in [0.3, 0.4) is 0 Å². The van der Waals surface area contributed by atoms with Crippen LogP contribution in [0, 0.1) is 6.92 Å². The predicted octanol–water partition coefficient (Wildman–Crippen LogP) is 3.37. The summed E-state index contributed by atoms with van der Waals surface area (Å²) in [5.41, 5.74) is 6.24. The number of benzene rings is 2. The second-order valence-electron chi connectivity index (χ2n) is 4.68. The molecule has 2 aromatic rings. The van der Waals surface area contributed by atoms with Gasteiger partial charge in [0.25, 0.3) is 0 Å². The number of phenols is 1. The first kappa shape index (κ1) is 10.2. The third-order valence-corrected chi connectivity index (χ3v) is 3.41. The molecular weight excluding hydrogens is 210 g/mol. The number of phenolic OH excluding ortho intramolecular Hbond substituents is 1. The quantitative estimate of drug-likeness (QED) is 0.743. The highest BCUT2D eigenvalue weighted by atomic mass is 16.3. The first-order valence-corrected chi connectivity index (χ1v) is 5.80. The second kappa shape index (κ2) is 3.52. The van der Waals surface area contributed by atoms with Gasteiger partial charge in [0.05, 0.1) is 0 Å². The maximum atomic E-state index is 9.57. The zero-order valence-electron chi connectivity index (χ0n) is 10.1. The molecule has 0 radical (unpaired) electrons. The van der Waals surface area contributed by atoms with E-state index in [0.717, 1.165) is 12.1 Å². The summed E-state index contributed by atoms with van der Waals surface area (Å²) in [5, 5.41) is 9.57. The first-order valence-electron chi connectivity index (χ1n) is 5.80. The molecule has 0 aliphatic carbocycles. The normalized spacial score (nSPS) is 13.2. The van der Waals surface area contributed by atoms with E-state index in [4.69, 9.17) is 0 Å². The van der Waals surface area contributed by atoms with E-state index < -0.39 is 0 Å². The Morgan fingerprint density at radius 2 is 1.82 bits per heavy atom. The number of nitrogens with zero attached hydrogens (tertiary/aromatic N) is 1. The van der Waals surface area contributed by atoms with Crippen molar-refractivity contribution in [2.75, 3.05) is 11.9 Å². The highest BCUT2D eigenvalue weighted by Gasteiger charge is 2.19. The van der Waals surface area contributed by atoms with Crippen LogP contribution in [0.1, 0.15) is 16.7 Å². The van der Waals surface area contributed by atoms with E-state index in [9.17, 15) is 5.11 Å². The molecular formula is C15H15NO. The molecule has 86 valence electrons. The van der Waals surface area contributed by atoms with Gasteiger partial charge in [-0.1, -0.05) is 23.8 Å². The number of anilines is 2. The molecule has 0 aromatic heterocycles. The Morgan fingerprint density at radius 1 is 1.00 bits per heavy atom. The Bertz CT molecular complexity index is 589. The molecule has 1 aliphatic rings. The lowest BCUT2D eigenvalue weighted by molar-refractivity contribution is 0.475. The molecule has 2 aromatic carbocycles. The van der Waals surface area contributed by atoms with Crippen molar-refractivity contribution < 1.29 is 5.11 Å². The fraction of sp³-hybridized carbons (Fsp3) is 0.200. The lowest BCUT2D eigenvalue weighted by Gasteiger charge is -2.30. The summed E-state index contributed by atoms with van der Waals surface area (Å²) in [5.74, 6) is 0.325. The van der Waals surface area contributed by atoms with Crippen molar-refractivity contribution in [1.82, 2.24) is 0 Å². The lowest BCUT2D eigenvalue weighted by atomic mass is 9.94. The number of aryl methyl sites for hydroxylation is 1. The molecule has 2 heteroatoms. The number of aromatic hydroxyl groups is 1. The second-order valence-corrected chi connectivity index (χ2v) is 4.68. The summed E-state index contributed by atoms with van der Waals surface area (Å²) < 4.78 is 0.